The Morgan fingerprint density at radius 3 is 2.67 bits per heavy atom. The highest BCUT2D eigenvalue weighted by Gasteiger charge is 2.22. The van der Waals surface area contributed by atoms with E-state index in [1.165, 1.54) is 10.4 Å². The van der Waals surface area contributed by atoms with Gasteiger partial charge in [0.15, 0.2) is 5.16 Å². The molecular weight excluding hydrogens is 262 g/mol. The Kier molecular flexibility index (Phi) is 4.37. The number of thiophene rings is 1. The third-order valence-corrected chi connectivity index (χ3v) is 5.22. The number of thioether (sulfide) groups is 1. The molecule has 0 bridgehead atoms. The SMILES string of the molecule is Cc1ccnc(SC(c2sccc2C)C(C)N)n1. The number of hydrogen-bond donors (Lipinski definition) is 1. The molecule has 0 saturated carbocycles. The topological polar surface area (TPSA) is 51.8 Å². The van der Waals surface area contributed by atoms with Gasteiger partial charge in [0.05, 0.1) is 5.25 Å². The number of nitrogens with zero attached hydrogens (tertiary/aromatic N) is 2. The fourth-order valence-corrected chi connectivity index (χ4v) is 4.06. The third kappa shape index (κ3) is 3.10. The Morgan fingerprint density at radius 1 is 1.33 bits per heavy atom. The highest BCUT2D eigenvalue weighted by molar-refractivity contribution is 7.99. The van der Waals surface area contributed by atoms with E-state index < -0.39 is 0 Å². The summed E-state index contributed by atoms with van der Waals surface area (Å²) in [5.41, 5.74) is 8.39. The summed E-state index contributed by atoms with van der Waals surface area (Å²) in [7, 11) is 0. The van der Waals surface area contributed by atoms with E-state index in [2.05, 4.69) is 28.3 Å². The molecule has 2 aromatic rings. The largest absolute Gasteiger partial charge is 0.327 e. The van der Waals surface area contributed by atoms with Crippen molar-refractivity contribution >= 4 is 23.1 Å². The average Bonchev–Trinajstić information content (AvgIpc) is 2.72. The summed E-state index contributed by atoms with van der Waals surface area (Å²) in [6.07, 6.45) is 1.80. The Balaban J connectivity index is 2.25. The summed E-state index contributed by atoms with van der Waals surface area (Å²) in [5.74, 6) is 0. The molecule has 0 aliphatic heterocycles. The van der Waals surface area contributed by atoms with Gasteiger partial charge in [-0.2, -0.15) is 0 Å². The summed E-state index contributed by atoms with van der Waals surface area (Å²) in [6.45, 7) is 6.13. The van der Waals surface area contributed by atoms with Gasteiger partial charge in [-0.1, -0.05) is 11.8 Å². The van der Waals surface area contributed by atoms with Crippen LogP contribution in [0.1, 0.15) is 28.3 Å². The van der Waals surface area contributed by atoms with Gasteiger partial charge < -0.3 is 5.73 Å². The van der Waals surface area contributed by atoms with Crippen LogP contribution in [0.2, 0.25) is 0 Å². The Bertz CT molecular complexity index is 522. The van der Waals surface area contributed by atoms with E-state index in [1.54, 1.807) is 29.3 Å². The van der Waals surface area contributed by atoms with E-state index in [-0.39, 0.29) is 11.3 Å². The van der Waals surface area contributed by atoms with Gasteiger partial charge in [-0.15, -0.1) is 11.3 Å². The molecule has 2 unspecified atom stereocenters. The highest BCUT2D eigenvalue weighted by atomic mass is 32.2. The summed E-state index contributed by atoms with van der Waals surface area (Å²) >= 11 is 3.40. The normalized spacial score (nSPS) is 14.4. The van der Waals surface area contributed by atoms with E-state index in [9.17, 15) is 0 Å². The van der Waals surface area contributed by atoms with E-state index in [0.717, 1.165) is 10.9 Å². The molecule has 0 spiro atoms. The molecule has 2 atom stereocenters. The zero-order valence-electron chi connectivity index (χ0n) is 10.8. The molecule has 18 heavy (non-hydrogen) atoms. The molecule has 2 N–H and O–H groups in total. The maximum Gasteiger partial charge on any atom is 0.188 e. The van der Waals surface area contributed by atoms with Crippen molar-refractivity contribution in [3.63, 3.8) is 0 Å². The van der Waals surface area contributed by atoms with E-state index in [0.29, 0.717) is 0 Å². The van der Waals surface area contributed by atoms with Gasteiger partial charge in [0, 0.05) is 22.8 Å². The summed E-state index contributed by atoms with van der Waals surface area (Å²) in [4.78, 5) is 10.1. The first-order valence-corrected chi connectivity index (χ1v) is 7.59. The molecule has 0 amide bonds. The maximum atomic E-state index is 6.11. The monoisotopic (exact) mass is 279 g/mol. The van der Waals surface area contributed by atoms with Gasteiger partial charge in [-0.05, 0) is 43.8 Å². The van der Waals surface area contributed by atoms with Crippen LogP contribution >= 0.6 is 23.1 Å². The third-order valence-electron chi connectivity index (χ3n) is 2.64. The van der Waals surface area contributed by atoms with Crippen LogP contribution in [0, 0.1) is 13.8 Å². The molecule has 0 fully saturated rings. The van der Waals surface area contributed by atoms with E-state index >= 15 is 0 Å². The molecule has 2 heterocycles. The minimum atomic E-state index is 0.0662. The molecule has 0 aliphatic carbocycles. The minimum Gasteiger partial charge on any atom is -0.327 e. The summed E-state index contributed by atoms with van der Waals surface area (Å²) < 4.78 is 0. The van der Waals surface area contributed by atoms with Gasteiger partial charge in [0.1, 0.15) is 0 Å². The van der Waals surface area contributed by atoms with Crippen molar-refractivity contribution in [1.82, 2.24) is 9.97 Å². The Labute approximate surface area is 116 Å². The quantitative estimate of drug-likeness (QED) is 0.689. The van der Waals surface area contributed by atoms with Crippen molar-refractivity contribution in [2.45, 2.75) is 37.2 Å². The molecule has 0 aliphatic rings. The first kappa shape index (κ1) is 13.5. The van der Waals surface area contributed by atoms with Gasteiger partial charge in [-0.3, -0.25) is 0 Å². The van der Waals surface area contributed by atoms with Crippen LogP contribution in [0.15, 0.2) is 28.9 Å². The second kappa shape index (κ2) is 5.82. The fraction of sp³-hybridized carbons (Fsp3) is 0.385. The molecule has 2 aromatic heterocycles. The van der Waals surface area contributed by atoms with Crippen LogP contribution in [0.3, 0.4) is 0 Å². The molecule has 0 radical (unpaired) electrons. The van der Waals surface area contributed by atoms with Crippen molar-refractivity contribution in [3.8, 4) is 0 Å². The van der Waals surface area contributed by atoms with Gasteiger partial charge in [0.25, 0.3) is 0 Å². The van der Waals surface area contributed by atoms with Crippen molar-refractivity contribution in [1.29, 1.82) is 0 Å². The van der Waals surface area contributed by atoms with Crippen LogP contribution in [-0.4, -0.2) is 16.0 Å². The van der Waals surface area contributed by atoms with Gasteiger partial charge in [0.2, 0.25) is 0 Å². The smallest absolute Gasteiger partial charge is 0.188 e. The Morgan fingerprint density at radius 2 is 2.11 bits per heavy atom. The molecule has 3 nitrogen and oxygen atoms in total. The highest BCUT2D eigenvalue weighted by Crippen LogP contribution is 2.39. The molecular formula is C13H17N3S2. The molecule has 0 saturated heterocycles. The predicted octanol–water partition coefficient (Wildman–Crippen LogP) is 3.34. The number of rotatable bonds is 4. The number of nitrogens with two attached hydrogens (primary N) is 1. The molecule has 0 aromatic carbocycles. The van der Waals surface area contributed by atoms with Crippen LogP contribution in [0.25, 0.3) is 0 Å². The van der Waals surface area contributed by atoms with Gasteiger partial charge in [-0.25, -0.2) is 9.97 Å². The molecule has 96 valence electrons. The van der Waals surface area contributed by atoms with Crippen LogP contribution in [-0.2, 0) is 0 Å². The number of aryl methyl sites for hydroxylation is 2. The lowest BCUT2D eigenvalue weighted by atomic mass is 10.1. The van der Waals surface area contributed by atoms with Crippen molar-refractivity contribution in [2.24, 2.45) is 5.73 Å². The zero-order chi connectivity index (χ0) is 13.1. The maximum absolute atomic E-state index is 6.11. The van der Waals surface area contributed by atoms with Crippen molar-refractivity contribution < 1.29 is 0 Å². The zero-order valence-corrected chi connectivity index (χ0v) is 12.4. The molecule has 2 rings (SSSR count). The lowest BCUT2D eigenvalue weighted by Crippen LogP contribution is -2.22. The Hall–Kier alpha value is -0.910. The van der Waals surface area contributed by atoms with Crippen LogP contribution in [0.4, 0.5) is 0 Å². The minimum absolute atomic E-state index is 0.0662. The van der Waals surface area contributed by atoms with Crippen molar-refractivity contribution in [3.05, 3.63) is 39.8 Å². The fourth-order valence-electron chi connectivity index (χ4n) is 1.67. The predicted molar refractivity (Wildman–Crippen MR) is 78.1 cm³/mol. The second-order valence-corrected chi connectivity index (χ2v) is 6.40. The summed E-state index contributed by atoms with van der Waals surface area (Å²) in [5, 5.41) is 3.12. The lowest BCUT2D eigenvalue weighted by molar-refractivity contribution is 0.723. The summed E-state index contributed by atoms with van der Waals surface area (Å²) in [6, 6.07) is 4.10. The van der Waals surface area contributed by atoms with Crippen LogP contribution < -0.4 is 5.73 Å². The van der Waals surface area contributed by atoms with E-state index in [4.69, 9.17) is 5.73 Å². The lowest BCUT2D eigenvalue weighted by Gasteiger charge is -2.19. The van der Waals surface area contributed by atoms with Crippen LogP contribution in [0.5, 0.6) is 0 Å². The van der Waals surface area contributed by atoms with Gasteiger partial charge >= 0.3 is 0 Å². The first-order valence-electron chi connectivity index (χ1n) is 5.84. The first-order chi connectivity index (χ1) is 8.58. The number of aromatic nitrogens is 2. The standard InChI is InChI=1S/C13H17N3S2/c1-8-5-7-17-11(8)12(10(3)14)18-13-15-6-4-9(2)16-13/h4-7,10,12H,14H2,1-3H3. The number of hydrogen-bond acceptors (Lipinski definition) is 5. The second-order valence-electron chi connectivity index (χ2n) is 4.35. The molecule has 5 heteroatoms. The average molecular weight is 279 g/mol. The van der Waals surface area contributed by atoms with Crippen molar-refractivity contribution in [2.75, 3.05) is 0 Å². The van der Waals surface area contributed by atoms with E-state index in [1.807, 2.05) is 19.9 Å².